The number of hydrogen-bond donors (Lipinski definition) is 1. The number of ether oxygens (including phenoxy) is 1. The van der Waals surface area contributed by atoms with E-state index in [1.807, 2.05) is 13.8 Å². The molecule has 8 heteroatoms. The second-order valence-electron chi connectivity index (χ2n) is 6.36. The van der Waals surface area contributed by atoms with Gasteiger partial charge in [-0.15, -0.1) is 0 Å². The first-order valence-corrected chi connectivity index (χ1v) is 9.51. The van der Waals surface area contributed by atoms with E-state index in [1.165, 1.54) is 12.1 Å². The molecule has 0 bridgehead atoms. The minimum Gasteiger partial charge on any atom is -0.489 e. The van der Waals surface area contributed by atoms with E-state index in [4.69, 9.17) is 49.2 Å². The number of nitrogens with zero attached hydrogens (tertiary/aromatic N) is 1. The van der Waals surface area contributed by atoms with Crippen LogP contribution in [-0.4, -0.2) is 16.2 Å². The third-order valence-electron chi connectivity index (χ3n) is 4.10. The van der Waals surface area contributed by atoms with E-state index in [2.05, 4.69) is 5.16 Å². The number of benzene rings is 2. The summed E-state index contributed by atoms with van der Waals surface area (Å²) >= 11 is 18.7. The van der Waals surface area contributed by atoms with Crippen LogP contribution in [0.2, 0.25) is 15.1 Å². The molecule has 0 saturated carbocycles. The van der Waals surface area contributed by atoms with E-state index in [-0.39, 0.29) is 23.1 Å². The van der Waals surface area contributed by atoms with Crippen LogP contribution in [0.15, 0.2) is 40.9 Å². The molecular formula is C20H16Cl3NO4. The summed E-state index contributed by atoms with van der Waals surface area (Å²) in [5, 5.41) is 14.2. The van der Waals surface area contributed by atoms with Gasteiger partial charge in [0.1, 0.15) is 23.8 Å². The fourth-order valence-electron chi connectivity index (χ4n) is 2.75. The third-order valence-corrected chi connectivity index (χ3v) is 5.04. The molecule has 1 aromatic heterocycles. The lowest BCUT2D eigenvalue weighted by Crippen LogP contribution is -2.02. The number of carboxylic acid groups (broad SMARTS) is 1. The van der Waals surface area contributed by atoms with Gasteiger partial charge in [-0.1, -0.05) is 59.9 Å². The van der Waals surface area contributed by atoms with Crippen LogP contribution < -0.4 is 4.74 Å². The van der Waals surface area contributed by atoms with Crippen LogP contribution >= 0.6 is 34.8 Å². The van der Waals surface area contributed by atoms with Crippen molar-refractivity contribution in [2.75, 3.05) is 0 Å². The van der Waals surface area contributed by atoms with Crippen molar-refractivity contribution < 1.29 is 19.2 Å². The van der Waals surface area contributed by atoms with Gasteiger partial charge in [0, 0.05) is 11.5 Å². The van der Waals surface area contributed by atoms with E-state index in [9.17, 15) is 4.79 Å². The van der Waals surface area contributed by atoms with Gasteiger partial charge in [-0.25, -0.2) is 4.79 Å². The zero-order valence-electron chi connectivity index (χ0n) is 15.0. The average molecular weight is 441 g/mol. The first-order chi connectivity index (χ1) is 13.3. The highest BCUT2D eigenvalue weighted by Gasteiger charge is 2.24. The van der Waals surface area contributed by atoms with Crippen LogP contribution in [0.5, 0.6) is 5.75 Å². The van der Waals surface area contributed by atoms with Gasteiger partial charge in [0.15, 0.2) is 0 Å². The number of hydrogen-bond acceptors (Lipinski definition) is 4. The average Bonchev–Trinajstić information content (AvgIpc) is 3.03. The Morgan fingerprint density at radius 3 is 2.39 bits per heavy atom. The monoisotopic (exact) mass is 439 g/mol. The molecule has 0 atom stereocenters. The van der Waals surface area contributed by atoms with Gasteiger partial charge < -0.3 is 14.4 Å². The van der Waals surface area contributed by atoms with Crippen molar-refractivity contribution in [2.24, 2.45) is 0 Å². The van der Waals surface area contributed by atoms with Crippen LogP contribution in [0.4, 0.5) is 0 Å². The van der Waals surface area contributed by atoms with E-state index in [0.717, 1.165) is 0 Å². The molecule has 3 rings (SSSR count). The Morgan fingerprint density at radius 2 is 1.82 bits per heavy atom. The second-order valence-corrected chi connectivity index (χ2v) is 7.58. The predicted octanol–water partition coefficient (Wildman–Crippen LogP) is 6.70. The lowest BCUT2D eigenvalue weighted by Gasteiger charge is -2.11. The van der Waals surface area contributed by atoms with Crippen LogP contribution in [0.3, 0.4) is 0 Å². The fourth-order valence-corrected chi connectivity index (χ4v) is 3.58. The highest BCUT2D eigenvalue weighted by Crippen LogP contribution is 2.38. The maximum Gasteiger partial charge on any atom is 0.337 e. The van der Waals surface area contributed by atoms with Gasteiger partial charge in [-0.3, -0.25) is 0 Å². The first kappa shape index (κ1) is 20.5. The third kappa shape index (κ3) is 4.12. The lowest BCUT2D eigenvalue weighted by molar-refractivity contribution is 0.0697. The Hall–Kier alpha value is -2.21. The summed E-state index contributed by atoms with van der Waals surface area (Å²) in [6.07, 6.45) is 0. The molecule has 1 heterocycles. The van der Waals surface area contributed by atoms with Gasteiger partial charge >= 0.3 is 5.97 Å². The molecular weight excluding hydrogens is 425 g/mol. The summed E-state index contributed by atoms with van der Waals surface area (Å²) in [4.78, 5) is 11.1. The minimum atomic E-state index is -1.10. The number of aromatic nitrogens is 1. The summed E-state index contributed by atoms with van der Waals surface area (Å²) in [5.74, 6) is 0.0220. The van der Waals surface area contributed by atoms with Crippen molar-refractivity contribution in [1.82, 2.24) is 5.16 Å². The molecule has 0 saturated heterocycles. The molecule has 0 aliphatic rings. The Labute approximate surface area is 176 Å². The number of carboxylic acids is 1. The van der Waals surface area contributed by atoms with Crippen molar-refractivity contribution >= 4 is 40.8 Å². The summed E-state index contributed by atoms with van der Waals surface area (Å²) < 4.78 is 11.4. The molecule has 0 spiro atoms. The van der Waals surface area contributed by atoms with Gasteiger partial charge in [0.25, 0.3) is 0 Å². The Balaban J connectivity index is 1.97. The summed E-state index contributed by atoms with van der Waals surface area (Å²) in [5.41, 5.74) is 1.79. The van der Waals surface area contributed by atoms with Crippen molar-refractivity contribution in [1.29, 1.82) is 0 Å². The van der Waals surface area contributed by atoms with Crippen LogP contribution in [-0.2, 0) is 6.61 Å². The molecule has 0 unspecified atom stereocenters. The van der Waals surface area contributed by atoms with Crippen molar-refractivity contribution in [3.05, 3.63) is 68.4 Å². The lowest BCUT2D eigenvalue weighted by atomic mass is 10.0. The zero-order valence-corrected chi connectivity index (χ0v) is 17.3. The smallest absolute Gasteiger partial charge is 0.337 e. The van der Waals surface area contributed by atoms with Crippen LogP contribution in [0.1, 0.15) is 41.4 Å². The largest absolute Gasteiger partial charge is 0.489 e. The topological polar surface area (TPSA) is 72.6 Å². The quantitative estimate of drug-likeness (QED) is 0.461. The summed E-state index contributed by atoms with van der Waals surface area (Å²) in [6, 6.07) is 9.58. The molecule has 28 heavy (non-hydrogen) atoms. The standard InChI is InChI=1S/C20H16Cl3NO4/c1-10(2)19-13(9-27-11-6-7-12(20(25)26)16(23)8-11)18(24-28-19)17-14(21)4-3-5-15(17)22/h3-8,10H,9H2,1-2H3,(H,25,26). The van der Waals surface area contributed by atoms with E-state index in [0.29, 0.717) is 38.4 Å². The van der Waals surface area contributed by atoms with Gasteiger partial charge in [-0.05, 0) is 30.3 Å². The molecule has 3 aromatic rings. The molecule has 0 fully saturated rings. The number of halogens is 3. The predicted molar refractivity (Wildman–Crippen MR) is 109 cm³/mol. The van der Waals surface area contributed by atoms with Gasteiger partial charge in [0.2, 0.25) is 0 Å². The van der Waals surface area contributed by atoms with Gasteiger partial charge in [-0.2, -0.15) is 0 Å². The molecule has 0 radical (unpaired) electrons. The maximum atomic E-state index is 11.1. The van der Waals surface area contributed by atoms with Crippen LogP contribution in [0.25, 0.3) is 11.3 Å². The highest BCUT2D eigenvalue weighted by atomic mass is 35.5. The minimum absolute atomic E-state index is 0.00500. The van der Waals surface area contributed by atoms with Crippen molar-refractivity contribution in [2.45, 2.75) is 26.4 Å². The first-order valence-electron chi connectivity index (χ1n) is 8.38. The van der Waals surface area contributed by atoms with E-state index < -0.39 is 5.97 Å². The Morgan fingerprint density at radius 1 is 1.14 bits per heavy atom. The molecule has 0 aliphatic carbocycles. The number of carbonyl (C=O) groups is 1. The normalized spacial score (nSPS) is 11.1. The van der Waals surface area contributed by atoms with E-state index >= 15 is 0 Å². The highest BCUT2D eigenvalue weighted by molar-refractivity contribution is 6.39. The van der Waals surface area contributed by atoms with Gasteiger partial charge in [0.05, 0.1) is 26.2 Å². The molecule has 0 amide bonds. The molecule has 2 aromatic carbocycles. The zero-order chi connectivity index (χ0) is 20.4. The molecule has 5 nitrogen and oxygen atoms in total. The Bertz CT molecular complexity index is 1010. The van der Waals surface area contributed by atoms with Crippen molar-refractivity contribution in [3.8, 4) is 17.0 Å². The van der Waals surface area contributed by atoms with Crippen LogP contribution in [0, 0.1) is 0 Å². The number of rotatable bonds is 6. The Kier molecular flexibility index (Phi) is 6.18. The SMILES string of the molecule is CC(C)c1onc(-c2c(Cl)cccc2Cl)c1COc1ccc(C(=O)O)c(Cl)c1. The summed E-state index contributed by atoms with van der Waals surface area (Å²) in [7, 11) is 0. The fraction of sp³-hybridized carbons (Fsp3) is 0.200. The molecule has 1 N–H and O–H groups in total. The maximum absolute atomic E-state index is 11.1. The van der Waals surface area contributed by atoms with Crippen molar-refractivity contribution in [3.63, 3.8) is 0 Å². The molecule has 0 aliphatic heterocycles. The second kappa shape index (κ2) is 8.43. The number of aromatic carboxylic acids is 1. The molecule has 146 valence electrons. The van der Waals surface area contributed by atoms with E-state index in [1.54, 1.807) is 24.3 Å². The summed E-state index contributed by atoms with van der Waals surface area (Å²) in [6.45, 7) is 4.07.